The average molecular weight is 217 g/mol. The maximum Gasteiger partial charge on any atom is 0.303 e. The molecule has 0 saturated carbocycles. The Balaban J connectivity index is 4.55. The van der Waals surface area contributed by atoms with Crippen LogP contribution < -0.4 is 5.11 Å². The number of quaternary nitrogens is 1. The molecule has 0 aromatic rings. The zero-order valence-corrected chi connectivity index (χ0v) is 9.74. The normalized spacial score (nSPS) is 15.7. The van der Waals surface area contributed by atoms with E-state index in [2.05, 4.69) is 0 Å². The van der Waals surface area contributed by atoms with Crippen molar-refractivity contribution in [1.29, 1.82) is 0 Å². The van der Waals surface area contributed by atoms with Gasteiger partial charge >= 0.3 is 5.97 Å². The van der Waals surface area contributed by atoms with E-state index in [4.69, 9.17) is 5.11 Å². The fourth-order valence-corrected chi connectivity index (χ4v) is 1.30. The second-order valence-electron chi connectivity index (χ2n) is 4.82. The first kappa shape index (κ1) is 13.9. The van der Waals surface area contributed by atoms with Gasteiger partial charge in [-0.25, -0.2) is 0 Å². The minimum absolute atomic E-state index is 0.0110. The predicted octanol–water partition coefficient (Wildman–Crippen LogP) is -0.544. The summed E-state index contributed by atoms with van der Waals surface area (Å²) in [5, 5.41) is 19.6. The van der Waals surface area contributed by atoms with E-state index in [0.29, 0.717) is 12.8 Å². The van der Waals surface area contributed by atoms with E-state index in [0.717, 1.165) is 0 Å². The van der Waals surface area contributed by atoms with Crippen molar-refractivity contribution in [3.8, 4) is 0 Å². The highest BCUT2D eigenvalue weighted by molar-refractivity contribution is 5.74. The molecule has 0 aliphatic carbocycles. The van der Waals surface area contributed by atoms with Gasteiger partial charge in [0.05, 0.1) is 21.1 Å². The lowest BCUT2D eigenvalue weighted by atomic mass is 9.91. The number of carbonyl (C=O) groups excluding carboxylic acids is 1. The molecule has 0 bridgehead atoms. The fourth-order valence-electron chi connectivity index (χ4n) is 1.30. The maximum atomic E-state index is 11.1. The highest BCUT2D eigenvalue weighted by Crippen LogP contribution is 2.24. The summed E-state index contributed by atoms with van der Waals surface area (Å²) in [7, 11) is 5.28. The topological polar surface area (TPSA) is 77.4 Å². The first-order chi connectivity index (χ1) is 6.61. The lowest BCUT2D eigenvalue weighted by molar-refractivity contribution is -0.914. The third kappa shape index (κ3) is 3.51. The highest BCUT2D eigenvalue weighted by atomic mass is 16.4. The molecule has 1 unspecified atom stereocenters. The molecule has 0 aliphatic heterocycles. The number of hydrogen-bond acceptors (Lipinski definition) is 3. The Bertz CT molecular complexity index is 257. The Morgan fingerprint density at radius 2 is 1.80 bits per heavy atom. The zero-order chi connectivity index (χ0) is 12.3. The molecule has 0 rings (SSSR count). The van der Waals surface area contributed by atoms with Gasteiger partial charge in [-0.3, -0.25) is 4.79 Å². The number of likely N-dealkylation sites (N-methyl/N-ethyl adjacent to an activating group) is 1. The molecule has 0 amide bonds. The van der Waals surface area contributed by atoms with Gasteiger partial charge in [0.1, 0.15) is 11.5 Å². The van der Waals surface area contributed by atoms with Crippen LogP contribution >= 0.6 is 0 Å². The van der Waals surface area contributed by atoms with Crippen molar-refractivity contribution in [2.45, 2.75) is 31.7 Å². The van der Waals surface area contributed by atoms with Crippen molar-refractivity contribution < 1.29 is 24.3 Å². The number of carboxylic acid groups (broad SMARTS) is 2. The summed E-state index contributed by atoms with van der Waals surface area (Å²) >= 11 is 0. The average Bonchev–Trinajstić information content (AvgIpc) is 2.00. The summed E-state index contributed by atoms with van der Waals surface area (Å²) in [6.07, 6.45) is 0.628. The number of aliphatic carboxylic acids is 2. The Morgan fingerprint density at radius 1 is 1.33 bits per heavy atom. The highest BCUT2D eigenvalue weighted by Gasteiger charge is 2.39. The van der Waals surface area contributed by atoms with Crippen molar-refractivity contribution in [3.05, 3.63) is 0 Å². The van der Waals surface area contributed by atoms with Gasteiger partial charge in [0.15, 0.2) is 0 Å². The number of hydrogen-bond donors (Lipinski definition) is 1. The quantitative estimate of drug-likeness (QED) is 0.606. The molecule has 0 saturated heterocycles. The smallest absolute Gasteiger partial charge is 0.303 e. The van der Waals surface area contributed by atoms with Crippen LogP contribution in [0, 0.1) is 0 Å². The van der Waals surface area contributed by atoms with Crippen molar-refractivity contribution >= 4 is 11.9 Å². The van der Waals surface area contributed by atoms with Crippen molar-refractivity contribution in [2.75, 3.05) is 21.1 Å². The second kappa shape index (κ2) is 4.61. The van der Waals surface area contributed by atoms with E-state index < -0.39 is 17.5 Å². The summed E-state index contributed by atoms with van der Waals surface area (Å²) in [6.45, 7) is 1.59. The van der Waals surface area contributed by atoms with Gasteiger partial charge in [-0.05, 0) is 13.3 Å². The zero-order valence-electron chi connectivity index (χ0n) is 9.74. The summed E-state index contributed by atoms with van der Waals surface area (Å²) in [5.41, 5.74) is -1.05. The van der Waals surface area contributed by atoms with Crippen molar-refractivity contribution in [1.82, 2.24) is 0 Å². The molecule has 5 nitrogen and oxygen atoms in total. The monoisotopic (exact) mass is 217 g/mol. The molecular weight excluding hydrogens is 198 g/mol. The van der Waals surface area contributed by atoms with Crippen LogP contribution in [0.3, 0.4) is 0 Å². The number of nitrogens with zero attached hydrogens (tertiary/aromatic N) is 1. The van der Waals surface area contributed by atoms with Gasteiger partial charge in [-0.2, -0.15) is 0 Å². The van der Waals surface area contributed by atoms with E-state index in [1.54, 1.807) is 28.1 Å². The molecule has 0 aliphatic rings. The number of carboxylic acids is 2. The Morgan fingerprint density at radius 3 is 2.07 bits per heavy atom. The summed E-state index contributed by atoms with van der Waals surface area (Å²) in [5.74, 6) is -2.04. The molecule has 1 N–H and O–H groups in total. The molecule has 1 atom stereocenters. The van der Waals surface area contributed by atoms with Crippen LogP contribution in [0.25, 0.3) is 0 Å². The Kier molecular flexibility index (Phi) is 4.27. The minimum atomic E-state index is -1.14. The van der Waals surface area contributed by atoms with E-state index in [1.165, 1.54) is 0 Å². The van der Waals surface area contributed by atoms with Crippen LogP contribution in [0.4, 0.5) is 0 Å². The minimum Gasteiger partial charge on any atom is -0.544 e. The fraction of sp³-hybridized carbons (Fsp3) is 0.800. The summed E-state index contributed by atoms with van der Waals surface area (Å²) in [4.78, 5) is 21.4. The maximum absolute atomic E-state index is 11.1. The van der Waals surface area contributed by atoms with Crippen LogP contribution in [-0.2, 0) is 9.59 Å². The van der Waals surface area contributed by atoms with Gasteiger partial charge < -0.3 is 19.5 Å². The molecule has 0 spiro atoms. The van der Waals surface area contributed by atoms with E-state index in [9.17, 15) is 14.7 Å². The molecule has 0 radical (unpaired) electrons. The van der Waals surface area contributed by atoms with E-state index in [1.807, 2.05) is 0 Å². The van der Waals surface area contributed by atoms with Crippen molar-refractivity contribution in [2.24, 2.45) is 0 Å². The molecule has 15 heavy (non-hydrogen) atoms. The van der Waals surface area contributed by atoms with Gasteiger partial charge in [0, 0.05) is 12.8 Å². The molecule has 0 aromatic heterocycles. The van der Waals surface area contributed by atoms with Crippen LogP contribution in [-0.4, -0.2) is 48.2 Å². The van der Waals surface area contributed by atoms with Crippen molar-refractivity contribution in [3.63, 3.8) is 0 Å². The first-order valence-corrected chi connectivity index (χ1v) is 4.86. The van der Waals surface area contributed by atoms with Crippen LogP contribution in [0.5, 0.6) is 0 Å². The van der Waals surface area contributed by atoms with Gasteiger partial charge in [0.2, 0.25) is 0 Å². The Labute approximate surface area is 89.9 Å². The van der Waals surface area contributed by atoms with Gasteiger partial charge in [-0.15, -0.1) is 0 Å². The predicted molar refractivity (Wildman–Crippen MR) is 52.9 cm³/mol. The molecular formula is C10H19NO4. The number of rotatable bonds is 6. The summed E-state index contributed by atoms with van der Waals surface area (Å²) < 4.78 is 0.217. The van der Waals surface area contributed by atoms with Crippen LogP contribution in [0.1, 0.15) is 26.2 Å². The van der Waals surface area contributed by atoms with Crippen LogP contribution in [0.2, 0.25) is 0 Å². The number of carbonyl (C=O) groups is 2. The molecule has 5 heteroatoms. The Hall–Kier alpha value is -1.10. The lowest BCUT2D eigenvalue weighted by Crippen LogP contribution is -2.64. The third-order valence-electron chi connectivity index (χ3n) is 2.97. The lowest BCUT2D eigenvalue weighted by Gasteiger charge is -2.44. The molecule has 0 heterocycles. The first-order valence-electron chi connectivity index (χ1n) is 4.86. The molecule has 88 valence electrons. The SMILES string of the molecule is CC(CCCC(=O)O)(C(=O)[O-])[N+](C)(C)C. The largest absolute Gasteiger partial charge is 0.544 e. The standard InChI is InChI=1S/C10H19NO4/c1-10(9(14)15,11(2,3)4)7-5-6-8(12)13/h5-7H2,1-4H3,(H-,12,13,14,15). The van der Waals surface area contributed by atoms with Crippen LogP contribution in [0.15, 0.2) is 0 Å². The van der Waals surface area contributed by atoms with Gasteiger partial charge in [-0.1, -0.05) is 0 Å². The third-order valence-corrected chi connectivity index (χ3v) is 2.97. The second-order valence-corrected chi connectivity index (χ2v) is 4.82. The molecule has 0 aromatic carbocycles. The van der Waals surface area contributed by atoms with E-state index in [-0.39, 0.29) is 10.9 Å². The van der Waals surface area contributed by atoms with Gasteiger partial charge in [0.25, 0.3) is 0 Å². The van der Waals surface area contributed by atoms with E-state index >= 15 is 0 Å². The summed E-state index contributed by atoms with van der Waals surface area (Å²) in [6, 6.07) is 0. The molecule has 0 fully saturated rings.